The number of hydrogen-bond donors (Lipinski definition) is 2. The molecule has 0 spiro atoms. The fourth-order valence-electron chi connectivity index (χ4n) is 2.42. The van der Waals surface area contributed by atoms with E-state index in [-0.39, 0.29) is 12.4 Å². The minimum atomic E-state index is 0. The van der Waals surface area contributed by atoms with Crippen LogP contribution in [0.4, 0.5) is 5.69 Å². The molecule has 0 saturated carbocycles. The van der Waals surface area contributed by atoms with Crippen LogP contribution in [0.1, 0.15) is 18.4 Å². The molecule has 0 aromatic heterocycles. The van der Waals surface area contributed by atoms with Crippen LogP contribution in [0.3, 0.4) is 0 Å². The number of fused-ring (bicyclic) bond motifs is 3. The van der Waals surface area contributed by atoms with Crippen molar-refractivity contribution in [2.45, 2.75) is 12.8 Å². The lowest BCUT2D eigenvalue weighted by Crippen LogP contribution is -1.96. The van der Waals surface area contributed by atoms with E-state index in [1.807, 2.05) is 24.3 Å². The molecule has 2 N–H and O–H groups in total. The van der Waals surface area contributed by atoms with Gasteiger partial charge in [0.2, 0.25) is 0 Å². The molecule has 0 radical (unpaired) electrons. The molecule has 1 aliphatic heterocycles. The SMILES string of the molecule is C[C@@H]1CNc2cc(O)c3ccccc3c21.Cl. The molecule has 2 nitrogen and oxygen atoms in total. The molecule has 16 heavy (non-hydrogen) atoms. The summed E-state index contributed by atoms with van der Waals surface area (Å²) in [4.78, 5) is 0. The third kappa shape index (κ3) is 1.41. The predicted molar refractivity (Wildman–Crippen MR) is 69.8 cm³/mol. The molecule has 0 bridgehead atoms. The fraction of sp³-hybridized carbons (Fsp3) is 0.231. The molecule has 2 aromatic carbocycles. The Labute approximate surface area is 101 Å². The summed E-state index contributed by atoms with van der Waals surface area (Å²) in [5.74, 6) is 0.886. The second-order valence-corrected chi connectivity index (χ2v) is 4.18. The van der Waals surface area contributed by atoms with Gasteiger partial charge in [0, 0.05) is 29.6 Å². The first-order valence-electron chi connectivity index (χ1n) is 5.26. The van der Waals surface area contributed by atoms with Gasteiger partial charge >= 0.3 is 0 Å². The van der Waals surface area contributed by atoms with Crippen molar-refractivity contribution in [3.63, 3.8) is 0 Å². The largest absolute Gasteiger partial charge is 0.507 e. The number of rotatable bonds is 0. The number of phenolic OH excluding ortho intramolecular Hbond substituents is 1. The van der Waals surface area contributed by atoms with E-state index in [0.717, 1.165) is 17.6 Å². The number of nitrogens with one attached hydrogen (secondary N) is 1. The van der Waals surface area contributed by atoms with E-state index in [1.54, 1.807) is 0 Å². The number of benzene rings is 2. The van der Waals surface area contributed by atoms with E-state index >= 15 is 0 Å². The van der Waals surface area contributed by atoms with Crippen molar-refractivity contribution in [2.75, 3.05) is 11.9 Å². The summed E-state index contributed by atoms with van der Waals surface area (Å²) in [7, 11) is 0. The minimum absolute atomic E-state index is 0. The zero-order chi connectivity index (χ0) is 10.4. The first-order valence-corrected chi connectivity index (χ1v) is 5.26. The molecule has 84 valence electrons. The number of halogens is 1. The third-order valence-electron chi connectivity index (χ3n) is 3.16. The van der Waals surface area contributed by atoms with Gasteiger partial charge in [-0.3, -0.25) is 0 Å². The molecule has 2 aromatic rings. The summed E-state index contributed by atoms with van der Waals surface area (Å²) >= 11 is 0. The van der Waals surface area contributed by atoms with Crippen LogP contribution >= 0.6 is 12.4 Å². The van der Waals surface area contributed by atoms with E-state index in [0.29, 0.717) is 11.7 Å². The molecule has 0 aliphatic carbocycles. The van der Waals surface area contributed by atoms with Crippen LogP contribution < -0.4 is 5.32 Å². The van der Waals surface area contributed by atoms with Gasteiger partial charge < -0.3 is 10.4 Å². The van der Waals surface area contributed by atoms with E-state index in [2.05, 4.69) is 18.3 Å². The fourth-order valence-corrected chi connectivity index (χ4v) is 2.42. The summed E-state index contributed by atoms with van der Waals surface area (Å²) < 4.78 is 0. The van der Waals surface area contributed by atoms with E-state index in [1.165, 1.54) is 10.9 Å². The van der Waals surface area contributed by atoms with Gasteiger partial charge in [0.05, 0.1) is 0 Å². The maximum absolute atomic E-state index is 9.88. The lowest BCUT2D eigenvalue weighted by atomic mass is 9.96. The quantitative estimate of drug-likeness (QED) is 0.733. The molecular weight excluding hydrogens is 222 g/mol. The first kappa shape index (κ1) is 11.1. The normalized spacial score (nSPS) is 17.7. The van der Waals surface area contributed by atoms with Gasteiger partial charge in [-0.15, -0.1) is 12.4 Å². The highest BCUT2D eigenvalue weighted by molar-refractivity contribution is 5.96. The van der Waals surface area contributed by atoms with Gasteiger partial charge in [-0.1, -0.05) is 31.2 Å². The Hall–Kier alpha value is -1.41. The molecule has 0 unspecified atom stereocenters. The Kier molecular flexibility index (Phi) is 2.68. The Bertz CT molecular complexity index is 539. The predicted octanol–water partition coefficient (Wildman–Crippen LogP) is 3.50. The van der Waals surface area contributed by atoms with E-state index < -0.39 is 0 Å². The number of hydrogen-bond acceptors (Lipinski definition) is 2. The van der Waals surface area contributed by atoms with Crippen molar-refractivity contribution in [3.8, 4) is 5.75 Å². The Morgan fingerprint density at radius 3 is 2.69 bits per heavy atom. The Morgan fingerprint density at radius 2 is 1.94 bits per heavy atom. The molecular formula is C13H14ClNO. The third-order valence-corrected chi connectivity index (χ3v) is 3.16. The minimum Gasteiger partial charge on any atom is -0.507 e. The molecule has 0 fully saturated rings. The van der Waals surface area contributed by atoms with Crippen LogP contribution in [-0.2, 0) is 0 Å². The zero-order valence-corrected chi connectivity index (χ0v) is 9.84. The summed E-state index contributed by atoms with van der Waals surface area (Å²) in [6, 6.07) is 9.86. The van der Waals surface area contributed by atoms with Crippen molar-refractivity contribution in [1.82, 2.24) is 0 Å². The molecule has 0 saturated heterocycles. The van der Waals surface area contributed by atoms with Crippen LogP contribution in [0.25, 0.3) is 10.8 Å². The molecule has 3 rings (SSSR count). The van der Waals surface area contributed by atoms with Crippen molar-refractivity contribution in [1.29, 1.82) is 0 Å². The Balaban J connectivity index is 0.000000963. The van der Waals surface area contributed by atoms with Gasteiger partial charge in [0.25, 0.3) is 0 Å². The molecule has 1 heterocycles. The van der Waals surface area contributed by atoms with Gasteiger partial charge in [-0.2, -0.15) is 0 Å². The highest BCUT2D eigenvalue weighted by Crippen LogP contribution is 2.41. The molecule has 1 aliphatic rings. The van der Waals surface area contributed by atoms with Crippen molar-refractivity contribution in [2.24, 2.45) is 0 Å². The number of aromatic hydroxyl groups is 1. The summed E-state index contributed by atoms with van der Waals surface area (Å²) in [6.45, 7) is 3.17. The van der Waals surface area contributed by atoms with E-state index in [9.17, 15) is 5.11 Å². The van der Waals surface area contributed by atoms with Crippen molar-refractivity contribution < 1.29 is 5.11 Å². The zero-order valence-electron chi connectivity index (χ0n) is 9.03. The monoisotopic (exact) mass is 235 g/mol. The number of phenols is 1. The molecule has 0 amide bonds. The first-order chi connectivity index (χ1) is 7.27. The van der Waals surface area contributed by atoms with Gasteiger partial charge in [-0.25, -0.2) is 0 Å². The van der Waals surface area contributed by atoms with Crippen LogP contribution in [0.5, 0.6) is 5.75 Å². The number of anilines is 1. The average molecular weight is 236 g/mol. The summed E-state index contributed by atoms with van der Waals surface area (Å²) in [5, 5.41) is 15.3. The average Bonchev–Trinajstić information content (AvgIpc) is 2.61. The second kappa shape index (κ2) is 3.87. The van der Waals surface area contributed by atoms with Crippen LogP contribution in [-0.4, -0.2) is 11.7 Å². The van der Waals surface area contributed by atoms with Gasteiger partial charge in [0.1, 0.15) is 5.75 Å². The maximum atomic E-state index is 9.88. The highest BCUT2D eigenvalue weighted by atomic mass is 35.5. The van der Waals surface area contributed by atoms with E-state index in [4.69, 9.17) is 0 Å². The van der Waals surface area contributed by atoms with Crippen LogP contribution in [0, 0.1) is 0 Å². The second-order valence-electron chi connectivity index (χ2n) is 4.18. The maximum Gasteiger partial charge on any atom is 0.125 e. The summed E-state index contributed by atoms with van der Waals surface area (Å²) in [6.07, 6.45) is 0. The van der Waals surface area contributed by atoms with Crippen molar-refractivity contribution in [3.05, 3.63) is 35.9 Å². The molecule has 1 atom stereocenters. The van der Waals surface area contributed by atoms with Crippen molar-refractivity contribution >= 4 is 28.9 Å². The topological polar surface area (TPSA) is 32.3 Å². The lowest BCUT2D eigenvalue weighted by Gasteiger charge is -2.09. The Morgan fingerprint density at radius 1 is 1.25 bits per heavy atom. The lowest BCUT2D eigenvalue weighted by molar-refractivity contribution is 0.482. The van der Waals surface area contributed by atoms with Gasteiger partial charge in [-0.05, 0) is 10.9 Å². The smallest absolute Gasteiger partial charge is 0.125 e. The summed E-state index contributed by atoms with van der Waals surface area (Å²) in [5.41, 5.74) is 2.42. The van der Waals surface area contributed by atoms with Crippen LogP contribution in [0.2, 0.25) is 0 Å². The molecule has 3 heteroatoms. The van der Waals surface area contributed by atoms with Gasteiger partial charge in [0.15, 0.2) is 0 Å². The standard InChI is InChI=1S/C13H13NO.ClH/c1-8-7-14-11-6-12(15)9-4-2-3-5-10(9)13(8)11;/h2-6,8,14-15H,7H2,1H3;1H/t8-;/m1./s1. The van der Waals surface area contributed by atoms with Crippen LogP contribution in [0.15, 0.2) is 30.3 Å². The highest BCUT2D eigenvalue weighted by Gasteiger charge is 2.21.